The number of aliphatic hydroxyl groups is 1. The molecule has 1 unspecified atom stereocenters. The zero-order valence-corrected chi connectivity index (χ0v) is 10.8. The predicted octanol–water partition coefficient (Wildman–Crippen LogP) is 1.06. The third-order valence-corrected chi connectivity index (χ3v) is 2.73. The van der Waals surface area contributed by atoms with Gasteiger partial charge in [-0.05, 0) is 38.5 Å². The van der Waals surface area contributed by atoms with Gasteiger partial charge in [-0.3, -0.25) is 9.20 Å². The lowest BCUT2D eigenvalue weighted by Gasteiger charge is -2.07. The van der Waals surface area contributed by atoms with Gasteiger partial charge in [-0.15, -0.1) is 0 Å². The number of nitrogens with zero attached hydrogens (tertiary/aromatic N) is 2. The molecule has 0 saturated carbocycles. The van der Waals surface area contributed by atoms with Crippen LogP contribution in [0.4, 0.5) is 0 Å². The van der Waals surface area contributed by atoms with Crippen LogP contribution < -0.4 is 5.32 Å². The summed E-state index contributed by atoms with van der Waals surface area (Å²) in [6, 6.07) is 3.86. The molecule has 0 aliphatic carbocycles. The standard InChI is InChI=1S/C13H17N3O2/c1-8-4-5-16-11(6-8)15-10(3)12(16)13(18)14-7-9(2)17/h4-6,9,17H,7H2,1-3H3,(H,14,18). The van der Waals surface area contributed by atoms with Crippen molar-refractivity contribution < 1.29 is 9.90 Å². The lowest BCUT2D eigenvalue weighted by Crippen LogP contribution is -2.31. The van der Waals surface area contributed by atoms with Gasteiger partial charge in [0, 0.05) is 12.7 Å². The Morgan fingerprint density at radius 1 is 1.56 bits per heavy atom. The fraction of sp³-hybridized carbons (Fsp3) is 0.385. The zero-order valence-electron chi connectivity index (χ0n) is 10.8. The molecular weight excluding hydrogens is 230 g/mol. The van der Waals surface area contributed by atoms with Crippen molar-refractivity contribution in [2.45, 2.75) is 26.9 Å². The number of aryl methyl sites for hydroxylation is 2. The molecule has 0 bridgehead atoms. The van der Waals surface area contributed by atoms with Crippen molar-refractivity contribution in [2.75, 3.05) is 6.54 Å². The van der Waals surface area contributed by atoms with Crippen LogP contribution in [0.15, 0.2) is 18.3 Å². The Kier molecular flexibility index (Phi) is 3.34. The van der Waals surface area contributed by atoms with Gasteiger partial charge in [0.2, 0.25) is 0 Å². The van der Waals surface area contributed by atoms with Crippen molar-refractivity contribution in [1.29, 1.82) is 0 Å². The Hall–Kier alpha value is -1.88. The van der Waals surface area contributed by atoms with Gasteiger partial charge in [-0.2, -0.15) is 0 Å². The second-order valence-corrected chi connectivity index (χ2v) is 4.54. The van der Waals surface area contributed by atoms with Gasteiger partial charge < -0.3 is 10.4 Å². The number of aliphatic hydroxyl groups excluding tert-OH is 1. The van der Waals surface area contributed by atoms with E-state index in [0.717, 1.165) is 11.2 Å². The molecule has 2 aromatic rings. The van der Waals surface area contributed by atoms with Crippen LogP contribution in [-0.4, -0.2) is 33.0 Å². The minimum atomic E-state index is -0.560. The first-order valence-corrected chi connectivity index (χ1v) is 5.90. The first-order valence-electron chi connectivity index (χ1n) is 5.90. The summed E-state index contributed by atoms with van der Waals surface area (Å²) in [6.45, 7) is 5.65. The SMILES string of the molecule is Cc1ccn2c(C(=O)NCC(C)O)c(C)nc2c1. The van der Waals surface area contributed by atoms with E-state index in [2.05, 4.69) is 10.3 Å². The number of aromatic nitrogens is 2. The molecule has 5 nitrogen and oxygen atoms in total. The fourth-order valence-corrected chi connectivity index (χ4v) is 1.86. The highest BCUT2D eigenvalue weighted by atomic mass is 16.3. The number of imidazole rings is 1. The van der Waals surface area contributed by atoms with Crippen molar-refractivity contribution in [1.82, 2.24) is 14.7 Å². The van der Waals surface area contributed by atoms with Gasteiger partial charge >= 0.3 is 0 Å². The maximum absolute atomic E-state index is 12.0. The molecular formula is C13H17N3O2. The molecule has 5 heteroatoms. The number of carbonyl (C=O) groups is 1. The second-order valence-electron chi connectivity index (χ2n) is 4.54. The number of amides is 1. The lowest BCUT2D eigenvalue weighted by molar-refractivity contribution is 0.0917. The van der Waals surface area contributed by atoms with E-state index in [1.165, 1.54) is 0 Å². The maximum atomic E-state index is 12.0. The van der Waals surface area contributed by atoms with Crippen LogP contribution in [0.2, 0.25) is 0 Å². The van der Waals surface area contributed by atoms with E-state index in [9.17, 15) is 9.90 Å². The molecule has 18 heavy (non-hydrogen) atoms. The van der Waals surface area contributed by atoms with Crippen LogP contribution in [-0.2, 0) is 0 Å². The largest absolute Gasteiger partial charge is 0.392 e. The highest BCUT2D eigenvalue weighted by Gasteiger charge is 2.16. The molecule has 0 aliphatic heterocycles. The van der Waals surface area contributed by atoms with Crippen LogP contribution >= 0.6 is 0 Å². The zero-order chi connectivity index (χ0) is 13.3. The van der Waals surface area contributed by atoms with E-state index in [4.69, 9.17) is 0 Å². The Morgan fingerprint density at radius 2 is 2.28 bits per heavy atom. The number of pyridine rings is 1. The predicted molar refractivity (Wildman–Crippen MR) is 68.7 cm³/mol. The van der Waals surface area contributed by atoms with E-state index in [0.29, 0.717) is 11.4 Å². The smallest absolute Gasteiger partial charge is 0.270 e. The van der Waals surface area contributed by atoms with Gasteiger partial charge in [0.15, 0.2) is 0 Å². The van der Waals surface area contributed by atoms with Crippen LogP contribution in [0.1, 0.15) is 28.7 Å². The number of fused-ring (bicyclic) bond motifs is 1. The number of rotatable bonds is 3. The van der Waals surface area contributed by atoms with E-state index in [1.807, 2.05) is 25.3 Å². The third kappa shape index (κ3) is 2.36. The van der Waals surface area contributed by atoms with Crippen molar-refractivity contribution in [2.24, 2.45) is 0 Å². The molecule has 2 aromatic heterocycles. The molecule has 1 atom stereocenters. The monoisotopic (exact) mass is 247 g/mol. The van der Waals surface area contributed by atoms with E-state index >= 15 is 0 Å². The average Bonchev–Trinajstić information content (AvgIpc) is 2.61. The summed E-state index contributed by atoms with van der Waals surface area (Å²) < 4.78 is 1.76. The normalized spacial score (nSPS) is 12.7. The number of hydrogen-bond donors (Lipinski definition) is 2. The summed E-state index contributed by atoms with van der Waals surface area (Å²) in [5.41, 5.74) is 3.06. The van der Waals surface area contributed by atoms with Gasteiger partial charge in [0.05, 0.1) is 11.8 Å². The minimum absolute atomic E-state index is 0.218. The average molecular weight is 247 g/mol. The lowest BCUT2D eigenvalue weighted by atomic mass is 10.3. The molecule has 1 amide bonds. The molecule has 0 saturated heterocycles. The molecule has 0 radical (unpaired) electrons. The topological polar surface area (TPSA) is 66.6 Å². The first-order chi connectivity index (χ1) is 8.49. The number of nitrogens with one attached hydrogen (secondary N) is 1. The highest BCUT2D eigenvalue weighted by Crippen LogP contribution is 2.13. The maximum Gasteiger partial charge on any atom is 0.270 e. The van der Waals surface area contributed by atoms with Crippen LogP contribution in [0, 0.1) is 13.8 Å². The Labute approximate surface area is 105 Å². The summed E-state index contributed by atoms with van der Waals surface area (Å²) in [7, 11) is 0. The molecule has 2 rings (SSSR count). The van der Waals surface area contributed by atoms with Crippen LogP contribution in [0.25, 0.3) is 5.65 Å². The van der Waals surface area contributed by atoms with Crippen molar-refractivity contribution >= 4 is 11.6 Å². The third-order valence-electron chi connectivity index (χ3n) is 2.73. The van der Waals surface area contributed by atoms with Gasteiger partial charge in [-0.1, -0.05) is 0 Å². The quantitative estimate of drug-likeness (QED) is 0.852. The van der Waals surface area contributed by atoms with E-state index in [1.54, 1.807) is 18.2 Å². The second kappa shape index (κ2) is 4.78. The van der Waals surface area contributed by atoms with E-state index < -0.39 is 6.10 Å². The molecule has 0 fully saturated rings. The summed E-state index contributed by atoms with van der Waals surface area (Å²) in [5, 5.41) is 11.9. The van der Waals surface area contributed by atoms with E-state index in [-0.39, 0.29) is 12.5 Å². The Morgan fingerprint density at radius 3 is 2.94 bits per heavy atom. The summed E-state index contributed by atoms with van der Waals surface area (Å²) in [4.78, 5) is 16.4. The van der Waals surface area contributed by atoms with Gasteiger partial charge in [0.1, 0.15) is 11.3 Å². The molecule has 2 heterocycles. The van der Waals surface area contributed by atoms with Gasteiger partial charge in [0.25, 0.3) is 5.91 Å². The van der Waals surface area contributed by atoms with Crippen molar-refractivity contribution in [3.63, 3.8) is 0 Å². The minimum Gasteiger partial charge on any atom is -0.392 e. The van der Waals surface area contributed by atoms with Crippen LogP contribution in [0.5, 0.6) is 0 Å². The summed E-state index contributed by atoms with van der Waals surface area (Å²) >= 11 is 0. The van der Waals surface area contributed by atoms with Crippen molar-refractivity contribution in [3.05, 3.63) is 35.3 Å². The number of hydrogen-bond acceptors (Lipinski definition) is 3. The molecule has 0 aromatic carbocycles. The molecule has 0 aliphatic rings. The first kappa shape index (κ1) is 12.6. The van der Waals surface area contributed by atoms with Crippen molar-refractivity contribution in [3.8, 4) is 0 Å². The Bertz CT molecular complexity index is 587. The molecule has 2 N–H and O–H groups in total. The number of carbonyl (C=O) groups excluding carboxylic acids is 1. The fourth-order valence-electron chi connectivity index (χ4n) is 1.86. The summed E-state index contributed by atoms with van der Waals surface area (Å²) in [5.74, 6) is -0.218. The Balaban J connectivity index is 2.38. The molecule has 0 spiro atoms. The van der Waals surface area contributed by atoms with Gasteiger partial charge in [-0.25, -0.2) is 4.98 Å². The van der Waals surface area contributed by atoms with Crippen LogP contribution in [0.3, 0.4) is 0 Å². The highest BCUT2D eigenvalue weighted by molar-refractivity contribution is 5.94. The molecule has 96 valence electrons. The summed E-state index contributed by atoms with van der Waals surface area (Å²) in [6.07, 6.45) is 1.28.